The van der Waals surface area contributed by atoms with Gasteiger partial charge in [0.15, 0.2) is 5.82 Å². The van der Waals surface area contributed by atoms with E-state index in [1.54, 1.807) is 12.1 Å². The minimum absolute atomic E-state index is 0.184. The molecule has 0 aliphatic rings. The second kappa shape index (κ2) is 6.51. The second-order valence-electron chi connectivity index (χ2n) is 4.27. The first-order valence-corrected chi connectivity index (χ1v) is 6.85. The van der Waals surface area contributed by atoms with E-state index in [1.165, 1.54) is 0 Å². The van der Waals surface area contributed by atoms with Crippen LogP contribution in [0.2, 0.25) is 0 Å². The molecular formula is C15H13BrFN3. The maximum Gasteiger partial charge on any atom is 0.161 e. The number of rotatable bonds is 4. The predicted octanol–water partition coefficient (Wildman–Crippen LogP) is 3.53. The largest absolute Gasteiger partial charge is 0.379 e. The Morgan fingerprint density at radius 3 is 2.40 bits per heavy atom. The third kappa shape index (κ3) is 3.16. The van der Waals surface area contributed by atoms with E-state index in [2.05, 4.69) is 21.2 Å². The molecule has 0 spiro atoms. The minimum Gasteiger partial charge on any atom is -0.379 e. The van der Waals surface area contributed by atoms with Gasteiger partial charge in [0.25, 0.3) is 0 Å². The lowest BCUT2D eigenvalue weighted by atomic mass is 10.1. The zero-order valence-corrected chi connectivity index (χ0v) is 12.2. The van der Waals surface area contributed by atoms with E-state index < -0.39 is 5.82 Å². The van der Waals surface area contributed by atoms with Crippen LogP contribution in [-0.4, -0.2) is 0 Å². The SMILES string of the molecule is N#Cc1ccc(NCc2ccc(CN)cc2)c(F)c1Br. The van der Waals surface area contributed by atoms with Crippen molar-refractivity contribution < 1.29 is 4.39 Å². The van der Waals surface area contributed by atoms with Crippen molar-refractivity contribution in [2.45, 2.75) is 13.1 Å². The van der Waals surface area contributed by atoms with Gasteiger partial charge in [-0.3, -0.25) is 0 Å². The number of hydrogen-bond acceptors (Lipinski definition) is 3. The summed E-state index contributed by atoms with van der Waals surface area (Å²) in [5.41, 5.74) is 8.26. The highest BCUT2D eigenvalue weighted by atomic mass is 79.9. The molecule has 0 amide bonds. The van der Waals surface area contributed by atoms with E-state index in [0.717, 1.165) is 11.1 Å². The predicted molar refractivity (Wildman–Crippen MR) is 80.5 cm³/mol. The van der Waals surface area contributed by atoms with Crippen LogP contribution in [-0.2, 0) is 13.1 Å². The third-order valence-corrected chi connectivity index (χ3v) is 3.72. The van der Waals surface area contributed by atoms with Crippen molar-refractivity contribution in [3.63, 3.8) is 0 Å². The number of halogens is 2. The number of nitrogens with zero attached hydrogens (tertiary/aromatic N) is 1. The molecule has 0 radical (unpaired) electrons. The van der Waals surface area contributed by atoms with Crippen LogP contribution in [0, 0.1) is 17.1 Å². The van der Waals surface area contributed by atoms with Crippen molar-refractivity contribution >= 4 is 21.6 Å². The van der Waals surface area contributed by atoms with Crippen LogP contribution < -0.4 is 11.1 Å². The molecule has 0 unspecified atom stereocenters. The molecule has 2 rings (SSSR count). The average Bonchev–Trinajstić information content (AvgIpc) is 2.49. The lowest BCUT2D eigenvalue weighted by Crippen LogP contribution is -2.03. The first kappa shape index (κ1) is 14.5. The van der Waals surface area contributed by atoms with Crippen LogP contribution >= 0.6 is 15.9 Å². The maximum atomic E-state index is 14.0. The van der Waals surface area contributed by atoms with Gasteiger partial charge >= 0.3 is 0 Å². The summed E-state index contributed by atoms with van der Waals surface area (Å²) in [4.78, 5) is 0. The fourth-order valence-corrected chi connectivity index (χ4v) is 2.20. The summed E-state index contributed by atoms with van der Waals surface area (Å²) >= 11 is 3.08. The summed E-state index contributed by atoms with van der Waals surface area (Å²) in [5.74, 6) is -0.456. The Kier molecular flexibility index (Phi) is 4.72. The highest BCUT2D eigenvalue weighted by Gasteiger charge is 2.10. The van der Waals surface area contributed by atoms with Gasteiger partial charge in [0.05, 0.1) is 15.7 Å². The molecule has 2 aromatic rings. The lowest BCUT2D eigenvalue weighted by molar-refractivity contribution is 0.623. The molecule has 0 saturated heterocycles. The Bertz CT molecular complexity index is 647. The fourth-order valence-electron chi connectivity index (χ4n) is 1.76. The quantitative estimate of drug-likeness (QED) is 0.899. The topological polar surface area (TPSA) is 61.8 Å². The smallest absolute Gasteiger partial charge is 0.161 e. The van der Waals surface area contributed by atoms with Crippen LogP contribution in [0.3, 0.4) is 0 Å². The number of nitrogens with one attached hydrogen (secondary N) is 1. The molecule has 0 aliphatic carbocycles. The van der Waals surface area contributed by atoms with Gasteiger partial charge in [-0.1, -0.05) is 24.3 Å². The molecule has 0 aromatic heterocycles. The summed E-state index contributed by atoms with van der Waals surface area (Å²) in [7, 11) is 0. The molecule has 3 nitrogen and oxygen atoms in total. The molecule has 0 heterocycles. The molecule has 3 N–H and O–H groups in total. The van der Waals surface area contributed by atoms with Gasteiger partial charge in [-0.2, -0.15) is 5.26 Å². The van der Waals surface area contributed by atoms with E-state index in [-0.39, 0.29) is 10.0 Å². The Balaban J connectivity index is 2.11. The van der Waals surface area contributed by atoms with Gasteiger partial charge in [-0.15, -0.1) is 0 Å². The third-order valence-electron chi connectivity index (χ3n) is 2.94. The van der Waals surface area contributed by atoms with Crippen molar-refractivity contribution in [2.75, 3.05) is 5.32 Å². The molecule has 5 heteroatoms. The van der Waals surface area contributed by atoms with E-state index >= 15 is 0 Å². The fraction of sp³-hybridized carbons (Fsp3) is 0.133. The highest BCUT2D eigenvalue weighted by Crippen LogP contribution is 2.26. The number of benzene rings is 2. The summed E-state index contributed by atoms with van der Waals surface area (Å²) in [5, 5.41) is 11.8. The van der Waals surface area contributed by atoms with Crippen LogP contribution in [0.1, 0.15) is 16.7 Å². The zero-order chi connectivity index (χ0) is 14.5. The van der Waals surface area contributed by atoms with Crippen molar-refractivity contribution in [3.8, 4) is 6.07 Å². The maximum absolute atomic E-state index is 14.0. The Morgan fingerprint density at radius 1 is 1.15 bits per heavy atom. The highest BCUT2D eigenvalue weighted by molar-refractivity contribution is 9.10. The Hall–Kier alpha value is -1.90. The van der Waals surface area contributed by atoms with Crippen molar-refractivity contribution in [1.82, 2.24) is 0 Å². The molecule has 0 aliphatic heterocycles. The van der Waals surface area contributed by atoms with Crippen LogP contribution in [0.15, 0.2) is 40.9 Å². The van der Waals surface area contributed by atoms with Gasteiger partial charge < -0.3 is 11.1 Å². The number of anilines is 1. The van der Waals surface area contributed by atoms with Gasteiger partial charge in [0.2, 0.25) is 0 Å². The van der Waals surface area contributed by atoms with Crippen molar-refractivity contribution in [3.05, 3.63) is 63.4 Å². The summed E-state index contributed by atoms with van der Waals surface area (Å²) in [6.07, 6.45) is 0. The van der Waals surface area contributed by atoms with Crippen LogP contribution in [0.5, 0.6) is 0 Å². The summed E-state index contributed by atoms with van der Waals surface area (Å²) in [6.45, 7) is 1.00. The lowest BCUT2D eigenvalue weighted by Gasteiger charge is -2.10. The molecule has 0 fully saturated rings. The van der Waals surface area contributed by atoms with E-state index in [0.29, 0.717) is 18.8 Å². The van der Waals surface area contributed by atoms with Gasteiger partial charge in [0, 0.05) is 13.1 Å². The molecular weight excluding hydrogens is 321 g/mol. The van der Waals surface area contributed by atoms with E-state index in [4.69, 9.17) is 11.0 Å². The van der Waals surface area contributed by atoms with Gasteiger partial charge in [-0.05, 0) is 39.2 Å². The first-order valence-electron chi connectivity index (χ1n) is 6.05. The summed E-state index contributed by atoms with van der Waals surface area (Å²) < 4.78 is 14.2. The zero-order valence-electron chi connectivity index (χ0n) is 10.7. The molecule has 102 valence electrons. The van der Waals surface area contributed by atoms with Gasteiger partial charge in [-0.25, -0.2) is 4.39 Å². The monoisotopic (exact) mass is 333 g/mol. The van der Waals surface area contributed by atoms with Crippen molar-refractivity contribution in [1.29, 1.82) is 5.26 Å². The van der Waals surface area contributed by atoms with E-state index in [9.17, 15) is 4.39 Å². The number of nitriles is 1. The van der Waals surface area contributed by atoms with Crippen LogP contribution in [0.25, 0.3) is 0 Å². The number of nitrogens with two attached hydrogens (primary N) is 1. The molecule has 2 aromatic carbocycles. The van der Waals surface area contributed by atoms with E-state index in [1.807, 2.05) is 30.3 Å². The van der Waals surface area contributed by atoms with Gasteiger partial charge in [0.1, 0.15) is 6.07 Å². The molecule has 0 bridgehead atoms. The minimum atomic E-state index is -0.456. The Morgan fingerprint density at radius 2 is 1.80 bits per heavy atom. The first-order chi connectivity index (χ1) is 9.65. The second-order valence-corrected chi connectivity index (χ2v) is 5.07. The Labute approximate surface area is 125 Å². The van der Waals surface area contributed by atoms with Crippen LogP contribution in [0.4, 0.5) is 10.1 Å². The standard InChI is InChI=1S/C15H13BrFN3/c16-14-12(8-19)5-6-13(15(14)17)20-9-11-3-1-10(7-18)2-4-11/h1-6,20H,7,9,18H2. The summed E-state index contributed by atoms with van der Waals surface area (Å²) in [6, 6.07) is 12.9. The normalized spacial score (nSPS) is 10.1. The average molecular weight is 334 g/mol. The molecule has 20 heavy (non-hydrogen) atoms. The van der Waals surface area contributed by atoms with Crippen molar-refractivity contribution in [2.24, 2.45) is 5.73 Å². The molecule has 0 saturated carbocycles. The number of hydrogen-bond donors (Lipinski definition) is 2. The molecule has 0 atom stereocenters.